The van der Waals surface area contributed by atoms with Gasteiger partial charge in [0.05, 0.1) is 6.10 Å². The molecular weight excluding hydrogens is 217 g/mol. The molecule has 0 spiro atoms. The molecule has 0 radical (unpaired) electrons. The van der Waals surface area contributed by atoms with Gasteiger partial charge in [-0.3, -0.25) is 0 Å². The van der Waals surface area contributed by atoms with Gasteiger partial charge < -0.3 is 10.0 Å². The molecule has 1 saturated carbocycles. The minimum absolute atomic E-state index is 0.291. The van der Waals surface area contributed by atoms with Gasteiger partial charge in [0.1, 0.15) is 5.82 Å². The van der Waals surface area contributed by atoms with Gasteiger partial charge in [0, 0.05) is 23.8 Å². The van der Waals surface area contributed by atoms with Crippen LogP contribution in [0.1, 0.15) is 37.9 Å². The highest BCUT2D eigenvalue weighted by molar-refractivity contribution is 5.57. The van der Waals surface area contributed by atoms with Crippen LogP contribution in [0, 0.1) is 11.7 Å². The van der Waals surface area contributed by atoms with Crippen LogP contribution in [0.4, 0.5) is 10.1 Å². The summed E-state index contributed by atoms with van der Waals surface area (Å²) in [4.78, 5) is 2.29. The third kappa shape index (κ3) is 1.73. The minimum atomic E-state index is -0.745. The lowest BCUT2D eigenvalue weighted by molar-refractivity contribution is 0.194. The highest BCUT2D eigenvalue weighted by Crippen LogP contribution is 2.42. The minimum Gasteiger partial charge on any atom is -0.389 e. The van der Waals surface area contributed by atoms with Gasteiger partial charge in [-0.1, -0.05) is 6.07 Å². The van der Waals surface area contributed by atoms with E-state index in [9.17, 15) is 9.50 Å². The van der Waals surface area contributed by atoms with E-state index in [4.69, 9.17) is 0 Å². The van der Waals surface area contributed by atoms with Gasteiger partial charge in [-0.2, -0.15) is 0 Å². The number of rotatable bonds is 2. The first kappa shape index (κ1) is 11.0. The zero-order chi connectivity index (χ0) is 12.0. The average Bonchev–Trinajstić information content (AvgIpc) is 2.89. The second-order valence-electron chi connectivity index (χ2n) is 5.33. The highest BCUT2D eigenvalue weighted by Gasteiger charge is 2.39. The smallest absolute Gasteiger partial charge is 0.131 e. The van der Waals surface area contributed by atoms with Gasteiger partial charge >= 0.3 is 0 Å². The molecule has 2 nitrogen and oxygen atoms in total. The molecule has 1 saturated heterocycles. The lowest BCUT2D eigenvalue weighted by atomic mass is 10.0. The summed E-state index contributed by atoms with van der Waals surface area (Å²) in [6.45, 7) is 2.66. The van der Waals surface area contributed by atoms with Crippen LogP contribution in [0.5, 0.6) is 0 Å². The third-order valence-corrected chi connectivity index (χ3v) is 4.17. The number of anilines is 1. The first-order valence-electron chi connectivity index (χ1n) is 6.40. The van der Waals surface area contributed by atoms with E-state index in [1.807, 2.05) is 6.07 Å². The first-order valence-corrected chi connectivity index (χ1v) is 6.40. The number of benzene rings is 1. The van der Waals surface area contributed by atoms with Crippen molar-refractivity contribution in [2.24, 2.45) is 5.92 Å². The normalized spacial score (nSPS) is 28.8. The van der Waals surface area contributed by atoms with E-state index < -0.39 is 6.10 Å². The molecule has 2 bridgehead atoms. The number of hydrogen-bond donors (Lipinski definition) is 1. The molecule has 1 aliphatic heterocycles. The predicted octanol–water partition coefficient (Wildman–Crippen LogP) is 2.87. The Labute approximate surface area is 101 Å². The number of fused-ring (bicyclic) bond motifs is 2. The van der Waals surface area contributed by atoms with Crippen LogP contribution in [0.3, 0.4) is 0 Å². The van der Waals surface area contributed by atoms with Crippen LogP contribution in [0.2, 0.25) is 0 Å². The lowest BCUT2D eigenvalue weighted by Gasteiger charge is -2.31. The van der Waals surface area contributed by atoms with Gasteiger partial charge in [0.2, 0.25) is 0 Å². The van der Waals surface area contributed by atoms with Crippen molar-refractivity contribution >= 4 is 5.69 Å². The Morgan fingerprint density at radius 1 is 1.41 bits per heavy atom. The molecule has 1 aliphatic carbocycles. The second-order valence-corrected chi connectivity index (χ2v) is 5.33. The van der Waals surface area contributed by atoms with Crippen LogP contribution in [-0.4, -0.2) is 17.7 Å². The summed E-state index contributed by atoms with van der Waals surface area (Å²) in [6.07, 6.45) is 3.00. The highest BCUT2D eigenvalue weighted by atomic mass is 19.1. The summed E-state index contributed by atoms with van der Waals surface area (Å²) in [7, 11) is 0. The van der Waals surface area contributed by atoms with Crippen molar-refractivity contribution in [1.29, 1.82) is 0 Å². The second kappa shape index (κ2) is 3.98. The van der Waals surface area contributed by atoms with Crippen molar-refractivity contribution in [3.63, 3.8) is 0 Å². The number of nitrogens with zero attached hydrogens (tertiary/aromatic N) is 1. The molecule has 0 aromatic heterocycles. The molecule has 3 atom stereocenters. The van der Waals surface area contributed by atoms with Gasteiger partial charge in [0.15, 0.2) is 0 Å². The molecule has 3 rings (SSSR count). The van der Waals surface area contributed by atoms with E-state index in [0.717, 1.165) is 18.2 Å². The molecule has 92 valence electrons. The Hall–Kier alpha value is -1.09. The number of aliphatic hydroxyl groups excluding tert-OH is 1. The molecule has 1 aromatic rings. The van der Waals surface area contributed by atoms with Crippen molar-refractivity contribution < 1.29 is 9.50 Å². The van der Waals surface area contributed by atoms with E-state index >= 15 is 0 Å². The average molecular weight is 235 g/mol. The van der Waals surface area contributed by atoms with Crippen molar-refractivity contribution in [2.75, 3.05) is 11.4 Å². The quantitative estimate of drug-likeness (QED) is 0.852. The van der Waals surface area contributed by atoms with Crippen molar-refractivity contribution in [3.8, 4) is 0 Å². The van der Waals surface area contributed by atoms with Gasteiger partial charge in [-0.05, 0) is 44.2 Å². The summed E-state index contributed by atoms with van der Waals surface area (Å²) in [5.74, 6) is 0.477. The maximum absolute atomic E-state index is 13.8. The van der Waals surface area contributed by atoms with Crippen LogP contribution >= 0.6 is 0 Å². The maximum atomic E-state index is 13.8. The molecule has 3 heteroatoms. The predicted molar refractivity (Wildman–Crippen MR) is 65.5 cm³/mol. The fourth-order valence-corrected chi connectivity index (χ4v) is 3.41. The monoisotopic (exact) mass is 235 g/mol. The van der Waals surface area contributed by atoms with E-state index in [1.165, 1.54) is 25.3 Å². The summed E-state index contributed by atoms with van der Waals surface area (Å²) >= 11 is 0. The maximum Gasteiger partial charge on any atom is 0.131 e. The lowest BCUT2D eigenvalue weighted by Crippen LogP contribution is -2.33. The molecule has 3 unspecified atom stereocenters. The molecule has 0 amide bonds. The van der Waals surface area contributed by atoms with E-state index in [1.54, 1.807) is 13.0 Å². The van der Waals surface area contributed by atoms with Crippen LogP contribution in [0.25, 0.3) is 0 Å². The zero-order valence-corrected chi connectivity index (χ0v) is 10.1. The largest absolute Gasteiger partial charge is 0.389 e. The SMILES string of the molecule is CC(O)c1c(F)cccc1N1CC2CCC1C2. The summed E-state index contributed by atoms with van der Waals surface area (Å²) in [5.41, 5.74) is 1.35. The van der Waals surface area contributed by atoms with Crippen molar-refractivity contribution in [2.45, 2.75) is 38.3 Å². The van der Waals surface area contributed by atoms with E-state index in [0.29, 0.717) is 11.6 Å². The summed E-state index contributed by atoms with van der Waals surface area (Å²) in [6, 6.07) is 5.66. The standard InChI is InChI=1S/C14H18FNO/c1-9(17)14-12(15)3-2-4-13(14)16-8-10-5-6-11(16)7-10/h2-4,9-11,17H,5-8H2,1H3. The fraction of sp³-hybridized carbons (Fsp3) is 0.571. The third-order valence-electron chi connectivity index (χ3n) is 4.17. The van der Waals surface area contributed by atoms with Crippen LogP contribution in [0.15, 0.2) is 18.2 Å². The molecule has 2 fully saturated rings. The Balaban J connectivity index is 2.00. The first-order chi connectivity index (χ1) is 8.16. The number of piperidine rings is 1. The zero-order valence-electron chi connectivity index (χ0n) is 10.1. The van der Waals surface area contributed by atoms with Crippen LogP contribution < -0.4 is 4.90 Å². The Bertz CT molecular complexity index is 432. The van der Waals surface area contributed by atoms with Crippen molar-refractivity contribution in [1.82, 2.24) is 0 Å². The van der Waals surface area contributed by atoms with E-state index in [-0.39, 0.29) is 5.82 Å². The van der Waals surface area contributed by atoms with Crippen molar-refractivity contribution in [3.05, 3.63) is 29.6 Å². The Morgan fingerprint density at radius 3 is 2.82 bits per heavy atom. The Morgan fingerprint density at radius 2 is 2.24 bits per heavy atom. The number of hydrogen-bond acceptors (Lipinski definition) is 2. The van der Waals surface area contributed by atoms with Crippen LogP contribution in [-0.2, 0) is 0 Å². The number of aliphatic hydroxyl groups is 1. The fourth-order valence-electron chi connectivity index (χ4n) is 3.41. The van der Waals surface area contributed by atoms with E-state index in [2.05, 4.69) is 4.90 Å². The topological polar surface area (TPSA) is 23.5 Å². The molecule has 1 N–H and O–H groups in total. The number of halogens is 1. The van der Waals surface area contributed by atoms with Gasteiger partial charge in [-0.25, -0.2) is 4.39 Å². The molecule has 1 aromatic carbocycles. The summed E-state index contributed by atoms with van der Waals surface area (Å²) in [5, 5.41) is 9.75. The summed E-state index contributed by atoms with van der Waals surface area (Å²) < 4.78 is 13.8. The van der Waals surface area contributed by atoms with Gasteiger partial charge in [0.25, 0.3) is 0 Å². The molecular formula is C14H18FNO. The molecule has 1 heterocycles. The molecule has 2 aliphatic rings. The van der Waals surface area contributed by atoms with Gasteiger partial charge in [-0.15, -0.1) is 0 Å². The Kier molecular flexibility index (Phi) is 2.58. The molecule has 17 heavy (non-hydrogen) atoms.